The molecule has 0 N–H and O–H groups in total. The Kier molecular flexibility index (Phi) is 5.78. The summed E-state index contributed by atoms with van der Waals surface area (Å²) in [5.41, 5.74) is 1.55. The minimum atomic E-state index is -0.621. The molecule has 0 radical (unpaired) electrons. The van der Waals surface area contributed by atoms with E-state index in [1.165, 1.54) is 0 Å². The highest BCUT2D eigenvalue weighted by Crippen LogP contribution is 2.16. The van der Waals surface area contributed by atoms with Gasteiger partial charge in [-0.25, -0.2) is 0 Å². The Labute approximate surface area is 144 Å². The lowest BCUT2D eigenvalue weighted by Crippen LogP contribution is -2.37. The maximum absolute atomic E-state index is 12.4. The third-order valence-corrected chi connectivity index (χ3v) is 3.86. The van der Waals surface area contributed by atoms with E-state index >= 15 is 0 Å². The Balaban J connectivity index is 1.98. The van der Waals surface area contributed by atoms with Crippen molar-refractivity contribution >= 4 is 21.8 Å². The molecule has 5 heteroatoms. The fourth-order valence-corrected chi connectivity index (χ4v) is 2.41. The molecule has 0 aliphatic rings. The summed E-state index contributed by atoms with van der Waals surface area (Å²) in [6, 6.07) is 16.7. The lowest BCUT2D eigenvalue weighted by Gasteiger charge is -2.22. The Hall–Kier alpha value is -2.32. The molecule has 23 heavy (non-hydrogen) atoms. The summed E-state index contributed by atoms with van der Waals surface area (Å²) in [7, 11) is 1.75. The van der Waals surface area contributed by atoms with Crippen LogP contribution in [0, 0.1) is 11.3 Å². The van der Waals surface area contributed by atoms with Gasteiger partial charge in [0.05, 0.1) is 11.6 Å². The van der Waals surface area contributed by atoms with E-state index in [-0.39, 0.29) is 5.91 Å². The van der Waals surface area contributed by atoms with Crippen LogP contribution in [-0.4, -0.2) is 24.0 Å². The summed E-state index contributed by atoms with van der Waals surface area (Å²) in [5.74, 6) is 0.400. The first-order chi connectivity index (χ1) is 11.0. The molecule has 1 unspecified atom stereocenters. The smallest absolute Gasteiger partial charge is 0.263 e. The Morgan fingerprint density at radius 1 is 1.30 bits per heavy atom. The van der Waals surface area contributed by atoms with Crippen LogP contribution in [0.4, 0.5) is 0 Å². The lowest BCUT2D eigenvalue weighted by molar-refractivity contribution is -0.137. The number of hydrogen-bond acceptors (Lipinski definition) is 3. The first-order valence-corrected chi connectivity index (χ1v) is 7.95. The average molecular weight is 373 g/mol. The van der Waals surface area contributed by atoms with Gasteiger partial charge in [0.1, 0.15) is 5.75 Å². The van der Waals surface area contributed by atoms with E-state index in [0.29, 0.717) is 17.9 Å². The van der Waals surface area contributed by atoms with E-state index in [1.807, 2.05) is 24.3 Å². The van der Waals surface area contributed by atoms with Crippen LogP contribution < -0.4 is 4.74 Å². The molecule has 0 bridgehead atoms. The molecule has 2 aromatic carbocycles. The molecule has 0 aromatic heterocycles. The van der Waals surface area contributed by atoms with Crippen molar-refractivity contribution in [3.8, 4) is 11.8 Å². The van der Waals surface area contributed by atoms with Crippen molar-refractivity contribution in [2.24, 2.45) is 0 Å². The Morgan fingerprint density at radius 2 is 2.00 bits per heavy atom. The lowest BCUT2D eigenvalue weighted by atomic mass is 10.2. The number of halogens is 1. The number of nitrogens with zero attached hydrogens (tertiary/aromatic N) is 2. The minimum Gasteiger partial charge on any atom is -0.481 e. The zero-order chi connectivity index (χ0) is 16.8. The number of carbonyl (C=O) groups excluding carboxylic acids is 1. The minimum absolute atomic E-state index is 0.115. The van der Waals surface area contributed by atoms with Crippen molar-refractivity contribution in [1.82, 2.24) is 4.90 Å². The summed E-state index contributed by atoms with van der Waals surface area (Å²) < 4.78 is 6.65. The summed E-state index contributed by atoms with van der Waals surface area (Å²) in [6.07, 6.45) is -0.621. The molecule has 0 aliphatic carbocycles. The first-order valence-electron chi connectivity index (χ1n) is 7.16. The van der Waals surface area contributed by atoms with Crippen LogP contribution in [-0.2, 0) is 11.3 Å². The third kappa shape index (κ3) is 4.83. The molecule has 0 spiro atoms. The molecule has 1 atom stereocenters. The number of ether oxygens (including phenoxy) is 1. The van der Waals surface area contributed by atoms with Gasteiger partial charge in [0, 0.05) is 18.1 Å². The number of hydrogen-bond donors (Lipinski definition) is 0. The van der Waals surface area contributed by atoms with E-state index in [2.05, 4.69) is 22.0 Å². The maximum Gasteiger partial charge on any atom is 0.263 e. The van der Waals surface area contributed by atoms with Gasteiger partial charge in [-0.05, 0) is 42.8 Å². The van der Waals surface area contributed by atoms with Crippen molar-refractivity contribution in [2.75, 3.05) is 7.05 Å². The molecule has 0 heterocycles. The van der Waals surface area contributed by atoms with E-state index in [9.17, 15) is 4.79 Å². The van der Waals surface area contributed by atoms with Crippen LogP contribution in [0.2, 0.25) is 0 Å². The predicted octanol–water partition coefficient (Wildman–Crippen LogP) is 3.75. The highest BCUT2D eigenvalue weighted by Gasteiger charge is 2.19. The Morgan fingerprint density at radius 3 is 2.65 bits per heavy atom. The van der Waals surface area contributed by atoms with Crippen molar-refractivity contribution in [3.05, 3.63) is 64.1 Å². The van der Waals surface area contributed by atoms with Gasteiger partial charge in [0.15, 0.2) is 6.10 Å². The molecule has 0 aliphatic heterocycles. The quantitative estimate of drug-likeness (QED) is 0.802. The molecule has 2 rings (SSSR count). The van der Waals surface area contributed by atoms with Crippen molar-refractivity contribution < 1.29 is 9.53 Å². The van der Waals surface area contributed by atoms with Crippen LogP contribution in [0.15, 0.2) is 53.0 Å². The van der Waals surface area contributed by atoms with Gasteiger partial charge in [-0.1, -0.05) is 34.1 Å². The van der Waals surface area contributed by atoms with Crippen LogP contribution in [0.5, 0.6) is 5.75 Å². The van der Waals surface area contributed by atoms with Crippen molar-refractivity contribution in [1.29, 1.82) is 5.26 Å². The fourth-order valence-electron chi connectivity index (χ4n) is 2.15. The molecular weight excluding hydrogens is 356 g/mol. The van der Waals surface area contributed by atoms with Gasteiger partial charge in [0.25, 0.3) is 5.91 Å². The Bertz CT molecular complexity index is 723. The van der Waals surface area contributed by atoms with E-state index in [1.54, 1.807) is 43.1 Å². The second kappa shape index (κ2) is 7.80. The zero-order valence-corrected chi connectivity index (χ0v) is 14.6. The standard InChI is InChI=1S/C18H17BrN2O2/c1-13(23-17-5-3-4-15(10-17)11-20)18(22)21(2)12-14-6-8-16(19)9-7-14/h3-10,13H,12H2,1-2H3. The molecule has 118 valence electrons. The van der Waals surface area contributed by atoms with Crippen LogP contribution in [0.3, 0.4) is 0 Å². The molecule has 1 amide bonds. The van der Waals surface area contributed by atoms with Crippen molar-refractivity contribution in [2.45, 2.75) is 19.6 Å². The topological polar surface area (TPSA) is 53.3 Å². The fraction of sp³-hybridized carbons (Fsp3) is 0.222. The molecule has 0 saturated carbocycles. The predicted molar refractivity (Wildman–Crippen MR) is 91.9 cm³/mol. The molecule has 4 nitrogen and oxygen atoms in total. The average Bonchev–Trinajstić information content (AvgIpc) is 2.56. The number of rotatable bonds is 5. The van der Waals surface area contributed by atoms with E-state index in [0.717, 1.165) is 10.0 Å². The van der Waals surface area contributed by atoms with Crippen LogP contribution in [0.1, 0.15) is 18.1 Å². The highest BCUT2D eigenvalue weighted by molar-refractivity contribution is 9.10. The van der Waals surface area contributed by atoms with Gasteiger partial charge >= 0.3 is 0 Å². The number of carbonyl (C=O) groups is 1. The molecule has 0 saturated heterocycles. The SMILES string of the molecule is CC(Oc1cccc(C#N)c1)C(=O)N(C)Cc1ccc(Br)cc1. The highest BCUT2D eigenvalue weighted by atomic mass is 79.9. The number of amides is 1. The van der Waals surface area contributed by atoms with Crippen LogP contribution in [0.25, 0.3) is 0 Å². The monoisotopic (exact) mass is 372 g/mol. The molecule has 0 fully saturated rings. The largest absolute Gasteiger partial charge is 0.481 e. The summed E-state index contributed by atoms with van der Waals surface area (Å²) in [4.78, 5) is 14.0. The van der Waals surface area contributed by atoms with E-state index in [4.69, 9.17) is 10.00 Å². The van der Waals surface area contributed by atoms with Gasteiger partial charge in [0.2, 0.25) is 0 Å². The van der Waals surface area contributed by atoms with Gasteiger partial charge < -0.3 is 9.64 Å². The number of benzene rings is 2. The second-order valence-electron chi connectivity index (χ2n) is 5.22. The van der Waals surface area contributed by atoms with E-state index < -0.39 is 6.10 Å². The molecular formula is C18H17BrN2O2. The zero-order valence-electron chi connectivity index (χ0n) is 13.0. The maximum atomic E-state index is 12.4. The molecule has 2 aromatic rings. The van der Waals surface area contributed by atoms with Gasteiger partial charge in [-0.3, -0.25) is 4.79 Å². The summed E-state index contributed by atoms with van der Waals surface area (Å²) >= 11 is 3.39. The number of likely N-dealkylation sites (N-methyl/N-ethyl adjacent to an activating group) is 1. The van der Waals surface area contributed by atoms with Crippen LogP contribution >= 0.6 is 15.9 Å². The van der Waals surface area contributed by atoms with Gasteiger partial charge in [-0.2, -0.15) is 5.26 Å². The summed E-state index contributed by atoms with van der Waals surface area (Å²) in [6.45, 7) is 2.22. The normalized spacial score (nSPS) is 11.4. The van der Waals surface area contributed by atoms with Gasteiger partial charge in [-0.15, -0.1) is 0 Å². The first kappa shape index (κ1) is 17.0. The second-order valence-corrected chi connectivity index (χ2v) is 6.14. The third-order valence-electron chi connectivity index (χ3n) is 3.33. The summed E-state index contributed by atoms with van der Waals surface area (Å²) in [5, 5.41) is 8.89. The number of nitriles is 1. The van der Waals surface area contributed by atoms with Crippen molar-refractivity contribution in [3.63, 3.8) is 0 Å².